The van der Waals surface area contributed by atoms with Gasteiger partial charge in [0, 0.05) is 18.7 Å². The van der Waals surface area contributed by atoms with Gasteiger partial charge in [0.1, 0.15) is 5.76 Å². The number of carbonyl (C=O) groups is 2. The van der Waals surface area contributed by atoms with Crippen molar-refractivity contribution in [2.24, 2.45) is 0 Å². The van der Waals surface area contributed by atoms with E-state index in [4.69, 9.17) is 9.26 Å². The normalized spacial score (nSPS) is 12.8. The van der Waals surface area contributed by atoms with Gasteiger partial charge in [0.15, 0.2) is 5.82 Å². The third kappa shape index (κ3) is 3.40. The van der Waals surface area contributed by atoms with Gasteiger partial charge < -0.3 is 19.5 Å². The summed E-state index contributed by atoms with van der Waals surface area (Å²) in [6, 6.07) is 7.08. The Morgan fingerprint density at radius 3 is 2.78 bits per heavy atom. The Labute approximate surface area is 133 Å². The number of nitrogens with one attached hydrogen (secondary N) is 1. The number of fused-ring (bicyclic) bond motifs is 1. The number of likely N-dealkylation sites (N-methyl/N-ethyl adjacent to an activating group) is 1. The van der Waals surface area contributed by atoms with Crippen LogP contribution in [0.25, 0.3) is 0 Å². The number of aromatic nitrogens is 1. The van der Waals surface area contributed by atoms with Crippen molar-refractivity contribution < 1.29 is 18.8 Å². The summed E-state index contributed by atoms with van der Waals surface area (Å²) in [4.78, 5) is 25.7. The molecule has 1 N–H and O–H groups in total. The molecule has 1 aromatic heterocycles. The van der Waals surface area contributed by atoms with Crippen molar-refractivity contribution in [2.45, 2.75) is 20.1 Å². The molecule has 2 amide bonds. The van der Waals surface area contributed by atoms with Crippen LogP contribution < -0.4 is 5.32 Å². The summed E-state index contributed by atoms with van der Waals surface area (Å²) >= 11 is 0. The van der Waals surface area contributed by atoms with E-state index in [1.54, 1.807) is 26.1 Å². The average Bonchev–Trinajstić information content (AvgIpc) is 3.14. The van der Waals surface area contributed by atoms with Crippen LogP contribution in [0.15, 0.2) is 28.8 Å². The predicted molar refractivity (Wildman–Crippen MR) is 81.8 cm³/mol. The van der Waals surface area contributed by atoms with Crippen LogP contribution in [-0.2, 0) is 22.7 Å². The second kappa shape index (κ2) is 6.21. The van der Waals surface area contributed by atoms with E-state index in [-0.39, 0.29) is 18.4 Å². The Morgan fingerprint density at radius 2 is 2.04 bits per heavy atom. The Balaban J connectivity index is 1.62. The van der Waals surface area contributed by atoms with E-state index in [1.165, 1.54) is 4.90 Å². The van der Waals surface area contributed by atoms with Gasteiger partial charge in [0.2, 0.25) is 5.91 Å². The van der Waals surface area contributed by atoms with Crippen molar-refractivity contribution in [1.82, 2.24) is 10.1 Å². The highest BCUT2D eigenvalue weighted by Crippen LogP contribution is 2.21. The van der Waals surface area contributed by atoms with Crippen LogP contribution in [0.4, 0.5) is 5.82 Å². The first-order chi connectivity index (χ1) is 11.0. The molecule has 0 fully saturated rings. The third-order valence-corrected chi connectivity index (χ3v) is 3.59. The lowest BCUT2D eigenvalue weighted by Gasteiger charge is -2.16. The maximum atomic E-state index is 12.4. The number of amides is 2. The zero-order valence-electron chi connectivity index (χ0n) is 13.0. The van der Waals surface area contributed by atoms with E-state index < -0.39 is 0 Å². The Kier molecular flexibility index (Phi) is 4.12. The topological polar surface area (TPSA) is 84.7 Å². The maximum absolute atomic E-state index is 12.4. The molecule has 1 aliphatic rings. The maximum Gasteiger partial charge on any atom is 0.254 e. The Hall–Kier alpha value is -2.67. The van der Waals surface area contributed by atoms with Gasteiger partial charge in [-0.05, 0) is 30.2 Å². The fraction of sp³-hybridized carbons (Fsp3) is 0.312. The Bertz CT molecular complexity index is 754. The second-order valence-electron chi connectivity index (χ2n) is 5.51. The number of carbonyl (C=O) groups excluding carboxylic acids is 2. The highest BCUT2D eigenvalue weighted by atomic mass is 16.5. The van der Waals surface area contributed by atoms with E-state index >= 15 is 0 Å². The monoisotopic (exact) mass is 315 g/mol. The number of aryl methyl sites for hydroxylation is 1. The van der Waals surface area contributed by atoms with Gasteiger partial charge in [-0.25, -0.2) is 0 Å². The molecular formula is C16H17N3O4. The first-order valence-corrected chi connectivity index (χ1v) is 7.21. The number of nitrogens with zero attached hydrogens (tertiary/aromatic N) is 2. The molecule has 120 valence electrons. The molecule has 0 saturated carbocycles. The highest BCUT2D eigenvalue weighted by Gasteiger charge is 2.19. The van der Waals surface area contributed by atoms with Crippen molar-refractivity contribution in [3.05, 3.63) is 46.7 Å². The molecule has 0 radical (unpaired) electrons. The lowest BCUT2D eigenvalue weighted by Crippen LogP contribution is -2.35. The summed E-state index contributed by atoms with van der Waals surface area (Å²) in [6.45, 7) is 2.76. The van der Waals surface area contributed by atoms with E-state index in [9.17, 15) is 9.59 Å². The van der Waals surface area contributed by atoms with Gasteiger partial charge >= 0.3 is 0 Å². The van der Waals surface area contributed by atoms with Crippen LogP contribution in [-0.4, -0.2) is 35.5 Å². The van der Waals surface area contributed by atoms with E-state index in [0.717, 1.165) is 11.1 Å². The SMILES string of the molecule is Cc1cc(NC(=O)CN(C)C(=O)c2ccc3c(c2)COC3)no1. The van der Waals surface area contributed by atoms with Crippen molar-refractivity contribution in [3.8, 4) is 0 Å². The lowest BCUT2D eigenvalue weighted by atomic mass is 10.1. The zero-order chi connectivity index (χ0) is 16.4. The van der Waals surface area contributed by atoms with Crippen LogP contribution in [0.1, 0.15) is 27.2 Å². The number of hydrogen-bond donors (Lipinski definition) is 1. The minimum absolute atomic E-state index is 0.0711. The van der Waals surface area contributed by atoms with E-state index in [2.05, 4.69) is 10.5 Å². The minimum atomic E-state index is -0.335. The molecule has 0 aliphatic carbocycles. The molecule has 23 heavy (non-hydrogen) atoms. The number of rotatable bonds is 4. The summed E-state index contributed by atoms with van der Waals surface area (Å²) in [5, 5.41) is 6.27. The van der Waals surface area contributed by atoms with Gasteiger partial charge in [0.05, 0.1) is 19.8 Å². The molecule has 2 aromatic rings. The van der Waals surface area contributed by atoms with Gasteiger partial charge in [-0.2, -0.15) is 0 Å². The zero-order valence-corrected chi connectivity index (χ0v) is 13.0. The summed E-state index contributed by atoms with van der Waals surface area (Å²) in [5.74, 6) is 0.387. The number of hydrogen-bond acceptors (Lipinski definition) is 5. The quantitative estimate of drug-likeness (QED) is 0.928. The molecule has 7 nitrogen and oxygen atoms in total. The number of benzene rings is 1. The molecule has 2 heterocycles. The first kappa shape index (κ1) is 15.2. The van der Waals surface area contributed by atoms with Crippen LogP contribution in [0.2, 0.25) is 0 Å². The van der Waals surface area contributed by atoms with Crippen LogP contribution >= 0.6 is 0 Å². The molecule has 0 atom stereocenters. The smallest absolute Gasteiger partial charge is 0.254 e. The van der Waals surface area contributed by atoms with Crippen molar-refractivity contribution in [1.29, 1.82) is 0 Å². The molecule has 0 saturated heterocycles. The predicted octanol–water partition coefficient (Wildman–Crippen LogP) is 1.72. The average molecular weight is 315 g/mol. The van der Waals surface area contributed by atoms with Gasteiger partial charge in [0.25, 0.3) is 5.91 Å². The van der Waals surface area contributed by atoms with Crippen molar-refractivity contribution in [3.63, 3.8) is 0 Å². The number of ether oxygens (including phenoxy) is 1. The van der Waals surface area contributed by atoms with Gasteiger partial charge in [-0.3, -0.25) is 9.59 Å². The summed E-state index contributed by atoms with van der Waals surface area (Å²) in [6.07, 6.45) is 0. The van der Waals surface area contributed by atoms with Crippen LogP contribution in [0.5, 0.6) is 0 Å². The highest BCUT2D eigenvalue weighted by molar-refractivity contribution is 5.99. The third-order valence-electron chi connectivity index (χ3n) is 3.59. The number of anilines is 1. The molecule has 0 bridgehead atoms. The molecular weight excluding hydrogens is 298 g/mol. The fourth-order valence-corrected chi connectivity index (χ4v) is 2.42. The molecule has 1 aromatic carbocycles. The van der Waals surface area contributed by atoms with Crippen molar-refractivity contribution in [2.75, 3.05) is 18.9 Å². The summed E-state index contributed by atoms with van der Waals surface area (Å²) in [7, 11) is 1.58. The lowest BCUT2D eigenvalue weighted by molar-refractivity contribution is -0.116. The van der Waals surface area contributed by atoms with Crippen molar-refractivity contribution >= 4 is 17.6 Å². The Morgan fingerprint density at radius 1 is 1.26 bits per heavy atom. The molecule has 0 spiro atoms. The van der Waals surface area contributed by atoms with Crippen LogP contribution in [0.3, 0.4) is 0 Å². The summed E-state index contributed by atoms with van der Waals surface area (Å²) in [5.41, 5.74) is 2.66. The fourth-order valence-electron chi connectivity index (χ4n) is 2.42. The molecule has 7 heteroatoms. The van der Waals surface area contributed by atoms with Crippen LogP contribution in [0, 0.1) is 6.92 Å². The molecule has 0 unspecified atom stereocenters. The van der Waals surface area contributed by atoms with Gasteiger partial charge in [-0.15, -0.1) is 0 Å². The standard InChI is InChI=1S/C16H17N3O4/c1-10-5-14(18-23-10)17-15(20)7-19(2)16(21)11-3-4-12-8-22-9-13(12)6-11/h3-6H,7-9H2,1-2H3,(H,17,18,20). The second-order valence-corrected chi connectivity index (χ2v) is 5.51. The minimum Gasteiger partial charge on any atom is -0.372 e. The molecule has 3 rings (SSSR count). The first-order valence-electron chi connectivity index (χ1n) is 7.21. The largest absolute Gasteiger partial charge is 0.372 e. The summed E-state index contributed by atoms with van der Waals surface area (Å²) < 4.78 is 10.2. The van der Waals surface area contributed by atoms with Gasteiger partial charge in [-0.1, -0.05) is 11.2 Å². The van der Waals surface area contributed by atoms with E-state index in [1.807, 2.05) is 12.1 Å². The van der Waals surface area contributed by atoms with E-state index in [0.29, 0.717) is 30.4 Å². The molecule has 1 aliphatic heterocycles.